The maximum atomic E-state index is 12.7. The van der Waals surface area contributed by atoms with Gasteiger partial charge in [-0.3, -0.25) is 4.79 Å². The summed E-state index contributed by atoms with van der Waals surface area (Å²) in [5.41, 5.74) is 9.39. The van der Waals surface area contributed by atoms with E-state index in [9.17, 15) is 4.79 Å². The predicted molar refractivity (Wildman–Crippen MR) is 105 cm³/mol. The zero-order valence-electron chi connectivity index (χ0n) is 15.4. The molecular weight excluding hydrogens is 340 g/mol. The molecule has 1 amide bonds. The highest BCUT2D eigenvalue weighted by molar-refractivity contribution is 5.78. The van der Waals surface area contributed by atoms with Crippen molar-refractivity contribution in [3.8, 4) is 5.75 Å². The zero-order valence-corrected chi connectivity index (χ0v) is 15.4. The number of fused-ring (bicyclic) bond motifs is 1. The van der Waals surface area contributed by atoms with Crippen molar-refractivity contribution in [1.29, 1.82) is 0 Å². The van der Waals surface area contributed by atoms with Crippen LogP contribution in [0.5, 0.6) is 5.75 Å². The second-order valence-corrected chi connectivity index (χ2v) is 7.05. The van der Waals surface area contributed by atoms with Crippen molar-refractivity contribution in [2.75, 3.05) is 20.2 Å². The molecule has 1 aromatic heterocycles. The molecule has 2 aromatic carbocycles. The van der Waals surface area contributed by atoms with E-state index in [0.29, 0.717) is 25.9 Å². The van der Waals surface area contributed by atoms with Crippen molar-refractivity contribution in [2.24, 2.45) is 5.73 Å². The molecule has 2 atom stereocenters. The van der Waals surface area contributed by atoms with E-state index in [1.807, 2.05) is 47.4 Å². The lowest BCUT2D eigenvalue weighted by Gasteiger charge is -2.16. The van der Waals surface area contributed by atoms with E-state index in [0.717, 1.165) is 28.2 Å². The van der Waals surface area contributed by atoms with Gasteiger partial charge < -0.3 is 20.4 Å². The number of imidazole rings is 1. The van der Waals surface area contributed by atoms with E-state index in [1.54, 1.807) is 7.11 Å². The number of hydrogen-bond donors (Lipinski definition) is 2. The molecule has 0 radical (unpaired) electrons. The SMILES string of the molecule is COc1cccc(C2CN(C(=O)CCc3nc4ccccc4[nH]3)CC2N)c1. The summed E-state index contributed by atoms with van der Waals surface area (Å²) in [6.45, 7) is 1.23. The number of H-pyrrole nitrogens is 1. The first-order valence-electron chi connectivity index (χ1n) is 9.25. The topological polar surface area (TPSA) is 84.2 Å². The smallest absolute Gasteiger partial charge is 0.223 e. The molecule has 2 unspecified atom stereocenters. The Kier molecular flexibility index (Phi) is 4.81. The lowest BCUT2D eigenvalue weighted by atomic mass is 9.95. The summed E-state index contributed by atoms with van der Waals surface area (Å²) >= 11 is 0. The fourth-order valence-corrected chi connectivity index (χ4v) is 3.76. The Morgan fingerprint density at radius 1 is 1.26 bits per heavy atom. The predicted octanol–water partition coefficient (Wildman–Crippen LogP) is 2.46. The number of aromatic nitrogens is 2. The Bertz CT molecular complexity index is 919. The van der Waals surface area contributed by atoms with Crippen LogP contribution in [0, 0.1) is 0 Å². The second kappa shape index (κ2) is 7.40. The fraction of sp³-hybridized carbons (Fsp3) is 0.333. The van der Waals surface area contributed by atoms with Crippen molar-refractivity contribution in [2.45, 2.75) is 24.8 Å². The summed E-state index contributed by atoms with van der Waals surface area (Å²) in [4.78, 5) is 22.4. The van der Waals surface area contributed by atoms with E-state index in [2.05, 4.69) is 16.0 Å². The number of para-hydroxylation sites is 2. The molecule has 2 heterocycles. The maximum absolute atomic E-state index is 12.7. The highest BCUT2D eigenvalue weighted by atomic mass is 16.5. The number of aromatic amines is 1. The summed E-state index contributed by atoms with van der Waals surface area (Å²) in [6, 6.07) is 15.8. The van der Waals surface area contributed by atoms with E-state index in [1.165, 1.54) is 0 Å². The van der Waals surface area contributed by atoms with Gasteiger partial charge in [0.15, 0.2) is 0 Å². The average Bonchev–Trinajstić information content (AvgIpc) is 3.29. The number of ether oxygens (including phenoxy) is 1. The third kappa shape index (κ3) is 3.66. The minimum absolute atomic E-state index is 0.0627. The van der Waals surface area contributed by atoms with Gasteiger partial charge in [-0.1, -0.05) is 24.3 Å². The average molecular weight is 364 g/mol. The number of hydrogen-bond acceptors (Lipinski definition) is 4. The van der Waals surface area contributed by atoms with Gasteiger partial charge in [-0.05, 0) is 29.8 Å². The van der Waals surface area contributed by atoms with Gasteiger partial charge in [0.25, 0.3) is 0 Å². The summed E-state index contributed by atoms with van der Waals surface area (Å²) in [7, 11) is 1.65. The van der Waals surface area contributed by atoms with Gasteiger partial charge in [-0.15, -0.1) is 0 Å². The van der Waals surface area contributed by atoms with E-state index < -0.39 is 0 Å². The highest BCUT2D eigenvalue weighted by Crippen LogP contribution is 2.29. The van der Waals surface area contributed by atoms with E-state index >= 15 is 0 Å². The summed E-state index contributed by atoms with van der Waals surface area (Å²) < 4.78 is 5.30. The number of benzene rings is 2. The number of nitrogens with two attached hydrogens (primary N) is 1. The van der Waals surface area contributed by atoms with Crippen molar-refractivity contribution in [3.05, 3.63) is 59.9 Å². The van der Waals surface area contributed by atoms with Gasteiger partial charge in [0.2, 0.25) is 5.91 Å². The van der Waals surface area contributed by atoms with Crippen LogP contribution in [-0.4, -0.2) is 47.0 Å². The van der Waals surface area contributed by atoms with Crippen LogP contribution in [0.15, 0.2) is 48.5 Å². The Balaban J connectivity index is 1.39. The summed E-state index contributed by atoms with van der Waals surface area (Å²) in [6.07, 6.45) is 1.03. The minimum atomic E-state index is -0.0627. The molecule has 0 saturated carbocycles. The molecule has 0 bridgehead atoms. The van der Waals surface area contributed by atoms with Gasteiger partial charge in [0, 0.05) is 37.9 Å². The molecule has 0 aliphatic carbocycles. The maximum Gasteiger partial charge on any atom is 0.223 e. The molecule has 3 N–H and O–H groups in total. The lowest BCUT2D eigenvalue weighted by Crippen LogP contribution is -2.32. The number of carbonyl (C=O) groups excluding carboxylic acids is 1. The summed E-state index contributed by atoms with van der Waals surface area (Å²) in [5.74, 6) is 1.92. The molecule has 4 rings (SSSR count). The number of nitrogens with one attached hydrogen (secondary N) is 1. The van der Waals surface area contributed by atoms with Crippen molar-refractivity contribution < 1.29 is 9.53 Å². The number of amides is 1. The van der Waals surface area contributed by atoms with Gasteiger partial charge in [0.1, 0.15) is 11.6 Å². The van der Waals surface area contributed by atoms with Crippen LogP contribution in [0.2, 0.25) is 0 Å². The molecule has 6 heteroatoms. The molecule has 27 heavy (non-hydrogen) atoms. The number of methoxy groups -OCH3 is 1. The number of nitrogens with zero attached hydrogens (tertiary/aromatic N) is 2. The lowest BCUT2D eigenvalue weighted by molar-refractivity contribution is -0.130. The molecule has 1 saturated heterocycles. The summed E-state index contributed by atoms with van der Waals surface area (Å²) in [5, 5.41) is 0. The van der Waals surface area contributed by atoms with Gasteiger partial charge >= 0.3 is 0 Å². The quantitative estimate of drug-likeness (QED) is 0.728. The minimum Gasteiger partial charge on any atom is -0.497 e. The molecule has 140 valence electrons. The standard InChI is InChI=1S/C21H24N4O2/c1-27-15-6-4-5-14(11-15)16-12-25(13-17(16)22)21(26)10-9-20-23-18-7-2-3-8-19(18)24-20/h2-8,11,16-17H,9-10,12-13,22H2,1H3,(H,23,24). The molecule has 1 aliphatic heterocycles. The first-order valence-corrected chi connectivity index (χ1v) is 9.25. The largest absolute Gasteiger partial charge is 0.497 e. The monoisotopic (exact) mass is 364 g/mol. The van der Waals surface area contributed by atoms with E-state index in [-0.39, 0.29) is 17.9 Å². The van der Waals surface area contributed by atoms with Gasteiger partial charge in [0.05, 0.1) is 18.1 Å². The highest BCUT2D eigenvalue weighted by Gasteiger charge is 2.33. The first kappa shape index (κ1) is 17.5. The number of carbonyl (C=O) groups is 1. The third-order valence-corrected chi connectivity index (χ3v) is 5.25. The van der Waals surface area contributed by atoms with Crippen LogP contribution < -0.4 is 10.5 Å². The van der Waals surface area contributed by atoms with Crippen LogP contribution in [-0.2, 0) is 11.2 Å². The third-order valence-electron chi connectivity index (χ3n) is 5.25. The van der Waals surface area contributed by atoms with Crippen LogP contribution >= 0.6 is 0 Å². The Hall–Kier alpha value is -2.86. The number of aryl methyl sites for hydroxylation is 1. The molecule has 1 aliphatic rings. The Labute approximate surface area is 158 Å². The van der Waals surface area contributed by atoms with Crippen molar-refractivity contribution in [3.63, 3.8) is 0 Å². The fourth-order valence-electron chi connectivity index (χ4n) is 3.76. The van der Waals surface area contributed by atoms with Crippen molar-refractivity contribution >= 4 is 16.9 Å². The second-order valence-electron chi connectivity index (χ2n) is 7.05. The van der Waals surface area contributed by atoms with Crippen LogP contribution in [0.3, 0.4) is 0 Å². The molecule has 3 aromatic rings. The van der Waals surface area contributed by atoms with Gasteiger partial charge in [-0.2, -0.15) is 0 Å². The normalized spacial score (nSPS) is 19.6. The van der Waals surface area contributed by atoms with Crippen LogP contribution in [0.25, 0.3) is 11.0 Å². The Morgan fingerprint density at radius 3 is 2.93 bits per heavy atom. The van der Waals surface area contributed by atoms with Crippen molar-refractivity contribution in [1.82, 2.24) is 14.9 Å². The zero-order chi connectivity index (χ0) is 18.8. The first-order chi connectivity index (χ1) is 13.1. The number of likely N-dealkylation sites (tertiary alicyclic amines) is 1. The molecular formula is C21H24N4O2. The molecule has 1 fully saturated rings. The van der Waals surface area contributed by atoms with Crippen LogP contribution in [0.4, 0.5) is 0 Å². The number of rotatable bonds is 5. The Morgan fingerprint density at radius 2 is 2.11 bits per heavy atom. The molecule has 0 spiro atoms. The van der Waals surface area contributed by atoms with Gasteiger partial charge in [-0.25, -0.2) is 4.98 Å². The molecule has 6 nitrogen and oxygen atoms in total. The van der Waals surface area contributed by atoms with Crippen LogP contribution in [0.1, 0.15) is 23.7 Å². The van der Waals surface area contributed by atoms with E-state index in [4.69, 9.17) is 10.5 Å².